The highest BCUT2D eigenvalue weighted by Gasteiger charge is 2.38. The van der Waals surface area contributed by atoms with Gasteiger partial charge in [0.05, 0.1) is 5.56 Å². The molecule has 17 heavy (non-hydrogen) atoms. The normalized spacial score (nSPS) is 16.9. The summed E-state index contributed by atoms with van der Waals surface area (Å²) >= 11 is 0. The Morgan fingerprint density at radius 1 is 1.18 bits per heavy atom. The Labute approximate surface area is 93.5 Å². The number of carbonyl (C=O) groups excluding carboxylic acids is 2. The summed E-state index contributed by atoms with van der Waals surface area (Å²) in [5.41, 5.74) is 0.337. The highest BCUT2D eigenvalue weighted by atomic mass is 19.4. The van der Waals surface area contributed by atoms with Gasteiger partial charge in [0.25, 0.3) is 5.78 Å². The number of carbonyl (C=O) groups is 2. The first kappa shape index (κ1) is 11.4. The molecule has 2 rings (SSSR count). The zero-order chi connectivity index (χ0) is 12.6. The van der Waals surface area contributed by atoms with Crippen LogP contribution >= 0.6 is 0 Å². The lowest BCUT2D eigenvalue weighted by atomic mass is 10.1. The van der Waals surface area contributed by atoms with Crippen LogP contribution in [0.4, 0.5) is 13.2 Å². The second-order valence-electron chi connectivity index (χ2n) is 3.31. The highest BCUT2D eigenvalue weighted by Crippen LogP contribution is 2.30. The van der Waals surface area contributed by atoms with E-state index in [-0.39, 0.29) is 23.0 Å². The fourth-order valence-corrected chi connectivity index (χ4v) is 1.39. The summed E-state index contributed by atoms with van der Waals surface area (Å²) in [5.74, 6) is -3.19. The zero-order valence-corrected chi connectivity index (χ0v) is 8.25. The van der Waals surface area contributed by atoms with Gasteiger partial charge in [-0.3, -0.25) is 4.79 Å². The van der Waals surface area contributed by atoms with Gasteiger partial charge in [-0.05, 0) is 6.07 Å². The summed E-state index contributed by atoms with van der Waals surface area (Å²) in [6.45, 7) is 0. The Kier molecular flexibility index (Phi) is 2.49. The summed E-state index contributed by atoms with van der Waals surface area (Å²) in [5, 5.41) is 0. The van der Waals surface area contributed by atoms with E-state index in [2.05, 4.69) is 4.74 Å². The van der Waals surface area contributed by atoms with Crippen LogP contribution in [0.2, 0.25) is 0 Å². The van der Waals surface area contributed by atoms with E-state index in [9.17, 15) is 22.8 Å². The quantitative estimate of drug-likeness (QED) is 0.560. The third-order valence-electron chi connectivity index (χ3n) is 2.16. The summed E-state index contributed by atoms with van der Waals surface area (Å²) in [6.07, 6.45) is -4.69. The number of ether oxygens (including phenoxy) is 1. The largest absolute Gasteiger partial charge is 0.454 e. The predicted octanol–water partition coefficient (Wildman–Crippen LogP) is 2.33. The number of fused-ring (bicyclic) bond motifs is 1. The first-order valence-electron chi connectivity index (χ1n) is 4.54. The molecule has 1 aliphatic rings. The smallest absolute Gasteiger partial charge is 0.422 e. The predicted molar refractivity (Wildman–Crippen MR) is 50.9 cm³/mol. The molecule has 0 fully saturated rings. The minimum atomic E-state index is -4.98. The van der Waals surface area contributed by atoms with Gasteiger partial charge in [0.15, 0.2) is 0 Å². The van der Waals surface area contributed by atoms with Crippen molar-refractivity contribution >= 4 is 17.5 Å². The maximum atomic E-state index is 12.0. The van der Waals surface area contributed by atoms with Crippen molar-refractivity contribution in [1.29, 1.82) is 0 Å². The monoisotopic (exact) mass is 242 g/mol. The van der Waals surface area contributed by atoms with Crippen molar-refractivity contribution in [2.75, 3.05) is 0 Å². The number of cyclic esters (lactones) is 1. The van der Waals surface area contributed by atoms with Crippen LogP contribution in [0.1, 0.15) is 15.9 Å². The Hall–Kier alpha value is -2.11. The highest BCUT2D eigenvalue weighted by molar-refractivity contribution is 6.08. The van der Waals surface area contributed by atoms with E-state index in [0.29, 0.717) is 0 Å². The number of hydrogen-bond donors (Lipinski definition) is 0. The molecule has 0 amide bonds. The van der Waals surface area contributed by atoms with Crippen LogP contribution in [0.3, 0.4) is 0 Å². The molecular weight excluding hydrogens is 237 g/mol. The van der Waals surface area contributed by atoms with Crippen molar-refractivity contribution < 1.29 is 27.5 Å². The van der Waals surface area contributed by atoms with Gasteiger partial charge in [0, 0.05) is 11.6 Å². The van der Waals surface area contributed by atoms with Crippen LogP contribution in [0.25, 0.3) is 5.76 Å². The minimum absolute atomic E-state index is 0.147. The van der Waals surface area contributed by atoms with Crippen LogP contribution in [0, 0.1) is 0 Å². The molecule has 0 unspecified atom stereocenters. The molecule has 0 aromatic heterocycles. The van der Waals surface area contributed by atoms with Gasteiger partial charge in [-0.25, -0.2) is 4.79 Å². The van der Waals surface area contributed by atoms with Crippen molar-refractivity contribution in [3.05, 3.63) is 41.5 Å². The maximum Gasteiger partial charge on any atom is 0.454 e. The van der Waals surface area contributed by atoms with E-state index in [4.69, 9.17) is 0 Å². The molecule has 0 saturated carbocycles. The number of rotatable bonds is 1. The van der Waals surface area contributed by atoms with Crippen LogP contribution in [-0.4, -0.2) is 17.9 Å². The lowest BCUT2D eigenvalue weighted by molar-refractivity contribution is -0.165. The second kappa shape index (κ2) is 3.73. The summed E-state index contributed by atoms with van der Waals surface area (Å²) in [4.78, 5) is 22.0. The zero-order valence-electron chi connectivity index (χ0n) is 8.25. The van der Waals surface area contributed by atoms with E-state index in [0.717, 1.165) is 0 Å². The molecule has 0 radical (unpaired) electrons. The standard InChI is InChI=1S/C11H5F3O3/c12-11(13,14)9(15)5-8-6-3-1-2-4-7(6)10(16)17-8/h1-5H. The number of hydrogen-bond acceptors (Lipinski definition) is 3. The SMILES string of the molecule is O=C1OC(=CC(=O)C(F)(F)F)c2ccccc21. The van der Waals surface area contributed by atoms with Gasteiger partial charge in [0.2, 0.25) is 0 Å². The van der Waals surface area contributed by atoms with Gasteiger partial charge in [-0.15, -0.1) is 0 Å². The molecule has 0 spiro atoms. The van der Waals surface area contributed by atoms with Crippen LogP contribution in [0.15, 0.2) is 30.3 Å². The molecule has 1 heterocycles. The summed E-state index contributed by atoms with van der Waals surface area (Å²) in [7, 11) is 0. The number of allylic oxidation sites excluding steroid dienone is 1. The molecule has 0 bridgehead atoms. The van der Waals surface area contributed by atoms with Crippen molar-refractivity contribution in [1.82, 2.24) is 0 Å². The fraction of sp³-hybridized carbons (Fsp3) is 0.0909. The van der Waals surface area contributed by atoms with Gasteiger partial charge in [-0.2, -0.15) is 13.2 Å². The van der Waals surface area contributed by atoms with E-state index in [1.165, 1.54) is 18.2 Å². The number of ketones is 1. The molecule has 3 nitrogen and oxygen atoms in total. The number of halogens is 3. The Morgan fingerprint density at radius 2 is 1.76 bits per heavy atom. The molecule has 1 aromatic rings. The van der Waals surface area contributed by atoms with Gasteiger partial charge in [0.1, 0.15) is 5.76 Å². The summed E-state index contributed by atoms with van der Waals surface area (Å²) in [6, 6.07) is 5.91. The van der Waals surface area contributed by atoms with E-state index < -0.39 is 17.9 Å². The average Bonchev–Trinajstić information content (AvgIpc) is 2.56. The Balaban J connectivity index is 2.42. The minimum Gasteiger partial charge on any atom is -0.422 e. The molecule has 0 aliphatic carbocycles. The van der Waals surface area contributed by atoms with Crippen molar-refractivity contribution in [3.8, 4) is 0 Å². The maximum absolute atomic E-state index is 12.0. The molecule has 0 N–H and O–H groups in total. The lowest BCUT2D eigenvalue weighted by Gasteiger charge is -2.01. The average molecular weight is 242 g/mol. The van der Waals surface area contributed by atoms with Crippen molar-refractivity contribution in [3.63, 3.8) is 0 Å². The van der Waals surface area contributed by atoms with Crippen LogP contribution < -0.4 is 0 Å². The van der Waals surface area contributed by atoms with Gasteiger partial charge < -0.3 is 4.74 Å². The molecule has 88 valence electrons. The number of benzene rings is 1. The first-order valence-corrected chi connectivity index (χ1v) is 4.54. The molecule has 0 saturated heterocycles. The number of esters is 1. The molecule has 0 atom stereocenters. The summed E-state index contributed by atoms with van der Waals surface area (Å²) < 4.78 is 40.7. The first-order chi connectivity index (χ1) is 7.89. The molecular formula is C11H5F3O3. The topological polar surface area (TPSA) is 43.4 Å². The van der Waals surface area contributed by atoms with Crippen molar-refractivity contribution in [2.24, 2.45) is 0 Å². The Bertz CT molecular complexity index is 529. The lowest BCUT2D eigenvalue weighted by Crippen LogP contribution is -2.20. The molecule has 6 heteroatoms. The third-order valence-corrected chi connectivity index (χ3v) is 2.16. The van der Waals surface area contributed by atoms with Gasteiger partial charge >= 0.3 is 12.1 Å². The Morgan fingerprint density at radius 3 is 2.35 bits per heavy atom. The molecule has 1 aromatic carbocycles. The van der Waals surface area contributed by atoms with Crippen LogP contribution in [-0.2, 0) is 9.53 Å². The van der Waals surface area contributed by atoms with E-state index >= 15 is 0 Å². The van der Waals surface area contributed by atoms with Gasteiger partial charge in [-0.1, -0.05) is 18.2 Å². The van der Waals surface area contributed by atoms with Crippen molar-refractivity contribution in [2.45, 2.75) is 6.18 Å². The molecule has 1 aliphatic heterocycles. The van der Waals surface area contributed by atoms with Crippen LogP contribution in [0.5, 0.6) is 0 Å². The third kappa shape index (κ3) is 2.06. The van der Waals surface area contributed by atoms with E-state index in [1.54, 1.807) is 6.07 Å². The number of alkyl halides is 3. The fourth-order valence-electron chi connectivity index (χ4n) is 1.39. The van der Waals surface area contributed by atoms with E-state index in [1.807, 2.05) is 0 Å². The second-order valence-corrected chi connectivity index (χ2v) is 3.31.